The summed E-state index contributed by atoms with van der Waals surface area (Å²) in [6, 6.07) is 2.43. The Kier molecular flexibility index (Phi) is 4.26. The number of hydrogen-bond acceptors (Lipinski definition) is 4. The summed E-state index contributed by atoms with van der Waals surface area (Å²) >= 11 is 1.73. The van der Waals surface area contributed by atoms with Crippen molar-refractivity contribution in [3.63, 3.8) is 0 Å². The van der Waals surface area contributed by atoms with Gasteiger partial charge in [-0.2, -0.15) is 0 Å². The van der Waals surface area contributed by atoms with Crippen molar-refractivity contribution in [2.24, 2.45) is 5.73 Å². The van der Waals surface area contributed by atoms with E-state index >= 15 is 0 Å². The molecule has 2 rings (SSSR count). The lowest BCUT2D eigenvalue weighted by Crippen LogP contribution is -2.55. The van der Waals surface area contributed by atoms with Gasteiger partial charge in [0.15, 0.2) is 0 Å². The first kappa shape index (κ1) is 14.5. The van der Waals surface area contributed by atoms with E-state index in [9.17, 15) is 4.79 Å². The van der Waals surface area contributed by atoms with Gasteiger partial charge in [-0.05, 0) is 39.2 Å². The molecule has 1 aromatic heterocycles. The van der Waals surface area contributed by atoms with E-state index in [-0.39, 0.29) is 5.91 Å². The lowest BCUT2D eigenvalue weighted by molar-refractivity contribution is -0.124. The standard InChI is InChI=1S/C14H22N2O2S/c1-9(19-12-6-7-18-10(12)2)8-14(3,13(15)17)16-11-4-5-11/h6-7,9,11,16H,4-5,8H2,1-3H3,(H2,15,17). The molecule has 0 aliphatic heterocycles. The molecule has 0 spiro atoms. The predicted molar refractivity (Wildman–Crippen MR) is 77.1 cm³/mol. The fourth-order valence-electron chi connectivity index (χ4n) is 2.24. The van der Waals surface area contributed by atoms with Gasteiger partial charge in [0.25, 0.3) is 0 Å². The molecular formula is C14H22N2O2S. The van der Waals surface area contributed by atoms with Gasteiger partial charge in [-0.25, -0.2) is 0 Å². The van der Waals surface area contributed by atoms with Crippen molar-refractivity contribution in [2.45, 2.75) is 61.8 Å². The average Bonchev–Trinajstić information content (AvgIpc) is 3.02. The summed E-state index contributed by atoms with van der Waals surface area (Å²) < 4.78 is 5.29. The van der Waals surface area contributed by atoms with Crippen LogP contribution >= 0.6 is 11.8 Å². The average molecular weight is 282 g/mol. The maximum atomic E-state index is 11.7. The molecule has 106 valence electrons. The fourth-order valence-corrected chi connectivity index (χ4v) is 3.44. The van der Waals surface area contributed by atoms with Crippen molar-refractivity contribution in [1.82, 2.24) is 5.32 Å². The van der Waals surface area contributed by atoms with Crippen LogP contribution in [0.3, 0.4) is 0 Å². The van der Waals surface area contributed by atoms with Crippen molar-refractivity contribution in [3.8, 4) is 0 Å². The van der Waals surface area contributed by atoms with Crippen LogP contribution in [0.1, 0.15) is 38.9 Å². The van der Waals surface area contributed by atoms with Crippen molar-refractivity contribution in [3.05, 3.63) is 18.1 Å². The van der Waals surface area contributed by atoms with Gasteiger partial charge in [-0.3, -0.25) is 4.79 Å². The normalized spacial score (nSPS) is 19.9. The summed E-state index contributed by atoms with van der Waals surface area (Å²) in [7, 11) is 0. The quantitative estimate of drug-likeness (QED) is 0.754. The Morgan fingerprint density at radius 2 is 2.37 bits per heavy atom. The number of furan rings is 1. The van der Waals surface area contributed by atoms with Gasteiger partial charge < -0.3 is 15.5 Å². The second-order valence-electron chi connectivity index (χ2n) is 5.59. The van der Waals surface area contributed by atoms with Crippen molar-refractivity contribution < 1.29 is 9.21 Å². The molecule has 1 saturated carbocycles. The molecule has 2 unspecified atom stereocenters. The third kappa shape index (κ3) is 3.76. The van der Waals surface area contributed by atoms with Gasteiger partial charge in [-0.1, -0.05) is 6.92 Å². The fraction of sp³-hybridized carbons (Fsp3) is 0.643. The number of nitrogens with one attached hydrogen (secondary N) is 1. The molecule has 1 amide bonds. The Balaban J connectivity index is 1.96. The van der Waals surface area contributed by atoms with Gasteiger partial charge in [0, 0.05) is 16.2 Å². The van der Waals surface area contributed by atoms with E-state index in [1.165, 1.54) is 0 Å². The number of amides is 1. The van der Waals surface area contributed by atoms with Crippen LogP contribution in [-0.4, -0.2) is 22.7 Å². The van der Waals surface area contributed by atoms with Crippen LogP contribution in [0.5, 0.6) is 0 Å². The number of hydrogen-bond donors (Lipinski definition) is 2. The molecular weight excluding hydrogens is 260 g/mol. The molecule has 5 heteroatoms. The summed E-state index contributed by atoms with van der Waals surface area (Å²) in [6.07, 6.45) is 4.70. The molecule has 4 nitrogen and oxygen atoms in total. The first-order valence-electron chi connectivity index (χ1n) is 6.69. The number of nitrogens with two attached hydrogens (primary N) is 1. The summed E-state index contributed by atoms with van der Waals surface area (Å²) in [6.45, 7) is 5.98. The minimum atomic E-state index is -0.620. The number of aryl methyl sites for hydroxylation is 1. The van der Waals surface area contributed by atoms with Gasteiger partial charge in [0.1, 0.15) is 5.76 Å². The Morgan fingerprint density at radius 3 is 2.84 bits per heavy atom. The first-order valence-corrected chi connectivity index (χ1v) is 7.57. The van der Waals surface area contributed by atoms with Crippen LogP contribution in [0.4, 0.5) is 0 Å². The second-order valence-corrected chi connectivity index (χ2v) is 7.07. The molecule has 1 aliphatic rings. The minimum Gasteiger partial charge on any atom is -0.468 e. The minimum absolute atomic E-state index is 0.268. The molecule has 0 radical (unpaired) electrons. The number of carbonyl (C=O) groups excluding carboxylic acids is 1. The van der Waals surface area contributed by atoms with E-state index in [0.717, 1.165) is 23.5 Å². The lowest BCUT2D eigenvalue weighted by Gasteiger charge is -2.30. The van der Waals surface area contributed by atoms with Crippen LogP contribution in [-0.2, 0) is 4.79 Å². The number of carbonyl (C=O) groups is 1. The van der Waals surface area contributed by atoms with Crippen LogP contribution in [0.2, 0.25) is 0 Å². The summed E-state index contributed by atoms with van der Waals surface area (Å²) in [5, 5.41) is 3.67. The van der Waals surface area contributed by atoms with Crippen molar-refractivity contribution in [2.75, 3.05) is 0 Å². The van der Waals surface area contributed by atoms with Crippen LogP contribution in [0, 0.1) is 6.92 Å². The Labute approximate surface area is 118 Å². The molecule has 3 N–H and O–H groups in total. The zero-order chi connectivity index (χ0) is 14.0. The molecule has 1 fully saturated rings. The SMILES string of the molecule is Cc1occc1SC(C)CC(C)(NC1CC1)C(N)=O. The number of rotatable bonds is 7. The Hall–Kier alpha value is -0.940. The molecule has 1 aliphatic carbocycles. The maximum Gasteiger partial charge on any atom is 0.237 e. The van der Waals surface area contributed by atoms with E-state index < -0.39 is 5.54 Å². The van der Waals surface area contributed by atoms with Gasteiger partial charge in [-0.15, -0.1) is 11.8 Å². The van der Waals surface area contributed by atoms with Gasteiger partial charge in [0.05, 0.1) is 11.8 Å². The molecule has 1 heterocycles. The van der Waals surface area contributed by atoms with Crippen LogP contribution in [0.25, 0.3) is 0 Å². The van der Waals surface area contributed by atoms with Crippen LogP contribution in [0.15, 0.2) is 21.6 Å². The zero-order valence-electron chi connectivity index (χ0n) is 11.7. The van der Waals surface area contributed by atoms with E-state index in [2.05, 4.69) is 12.2 Å². The number of primary amides is 1. The van der Waals surface area contributed by atoms with Crippen molar-refractivity contribution >= 4 is 17.7 Å². The highest BCUT2D eigenvalue weighted by molar-refractivity contribution is 8.00. The lowest BCUT2D eigenvalue weighted by atomic mass is 9.95. The smallest absolute Gasteiger partial charge is 0.237 e. The molecule has 0 saturated heterocycles. The van der Waals surface area contributed by atoms with Crippen molar-refractivity contribution in [1.29, 1.82) is 0 Å². The monoisotopic (exact) mass is 282 g/mol. The zero-order valence-corrected chi connectivity index (χ0v) is 12.5. The second kappa shape index (κ2) is 5.59. The van der Waals surface area contributed by atoms with E-state index in [0.29, 0.717) is 17.7 Å². The van der Waals surface area contributed by atoms with E-state index in [1.54, 1.807) is 18.0 Å². The van der Waals surface area contributed by atoms with Gasteiger partial charge in [0.2, 0.25) is 5.91 Å². The molecule has 0 bridgehead atoms. The summed E-state index contributed by atoms with van der Waals surface area (Å²) in [5.74, 6) is 0.656. The molecule has 2 atom stereocenters. The highest BCUT2D eigenvalue weighted by Gasteiger charge is 2.38. The Bertz CT molecular complexity index is 456. The van der Waals surface area contributed by atoms with Crippen LogP contribution < -0.4 is 11.1 Å². The highest BCUT2D eigenvalue weighted by atomic mass is 32.2. The Morgan fingerprint density at radius 1 is 1.68 bits per heavy atom. The van der Waals surface area contributed by atoms with E-state index in [4.69, 9.17) is 10.2 Å². The highest BCUT2D eigenvalue weighted by Crippen LogP contribution is 2.33. The summed E-state index contributed by atoms with van der Waals surface area (Å²) in [5.41, 5.74) is 4.95. The molecule has 1 aromatic rings. The maximum absolute atomic E-state index is 11.7. The number of thioether (sulfide) groups is 1. The predicted octanol–water partition coefficient (Wildman–Crippen LogP) is 2.45. The molecule has 0 aromatic carbocycles. The topological polar surface area (TPSA) is 68.3 Å². The summed E-state index contributed by atoms with van der Waals surface area (Å²) in [4.78, 5) is 12.9. The third-order valence-corrected chi connectivity index (χ3v) is 4.73. The largest absolute Gasteiger partial charge is 0.468 e. The van der Waals surface area contributed by atoms with Gasteiger partial charge >= 0.3 is 0 Å². The first-order chi connectivity index (χ1) is 8.90. The molecule has 19 heavy (non-hydrogen) atoms. The van der Waals surface area contributed by atoms with E-state index in [1.807, 2.05) is 19.9 Å². The third-order valence-electron chi connectivity index (χ3n) is 3.48.